The Hall–Kier alpha value is -2.21. The third kappa shape index (κ3) is 8.13. The summed E-state index contributed by atoms with van der Waals surface area (Å²) in [5.74, 6) is -1.32. The van der Waals surface area contributed by atoms with Gasteiger partial charge in [-0.15, -0.1) is 0 Å². The average molecular weight is 603 g/mol. The number of rotatable bonds is 10. The number of benzene rings is 2. The molecule has 204 valence electrons. The SMILES string of the molecule is CCNC(=O)C(CC)N(Cc1ccc(Cl)cc1Cl)C(=O)CN(c1ccc(Cl)c(C(F)(F)F)c1)S(C)(=O)=O. The van der Waals surface area contributed by atoms with E-state index in [1.807, 2.05) is 0 Å². The zero-order chi connectivity index (χ0) is 28.1. The highest BCUT2D eigenvalue weighted by atomic mass is 35.5. The van der Waals surface area contributed by atoms with Crippen LogP contribution in [0.5, 0.6) is 0 Å². The minimum absolute atomic E-state index is 0.167. The van der Waals surface area contributed by atoms with Gasteiger partial charge in [0.2, 0.25) is 21.8 Å². The summed E-state index contributed by atoms with van der Waals surface area (Å²) in [6.45, 7) is 2.57. The summed E-state index contributed by atoms with van der Waals surface area (Å²) >= 11 is 17.9. The number of amides is 2. The maximum absolute atomic E-state index is 13.5. The van der Waals surface area contributed by atoms with Crippen molar-refractivity contribution in [2.75, 3.05) is 23.7 Å². The smallest absolute Gasteiger partial charge is 0.355 e. The number of halogens is 6. The largest absolute Gasteiger partial charge is 0.417 e. The molecule has 2 aromatic carbocycles. The van der Waals surface area contributed by atoms with Crippen LogP contribution in [0.4, 0.5) is 18.9 Å². The second-order valence-electron chi connectivity index (χ2n) is 8.01. The molecule has 0 heterocycles. The van der Waals surface area contributed by atoms with Crippen LogP contribution in [0, 0.1) is 0 Å². The molecule has 0 saturated heterocycles. The topological polar surface area (TPSA) is 86.8 Å². The molecule has 0 aliphatic rings. The van der Waals surface area contributed by atoms with E-state index in [0.29, 0.717) is 21.0 Å². The molecule has 2 rings (SSSR count). The van der Waals surface area contributed by atoms with E-state index in [9.17, 15) is 31.2 Å². The fraction of sp³-hybridized carbons (Fsp3) is 0.391. The Labute approximate surface area is 228 Å². The quantitative estimate of drug-likeness (QED) is 0.396. The van der Waals surface area contributed by atoms with E-state index in [-0.39, 0.29) is 24.5 Å². The molecule has 14 heteroatoms. The molecule has 0 aliphatic heterocycles. The third-order valence-corrected chi connectivity index (χ3v) is 7.37. The van der Waals surface area contributed by atoms with Gasteiger partial charge in [0.15, 0.2) is 0 Å². The van der Waals surface area contributed by atoms with Crippen LogP contribution >= 0.6 is 34.8 Å². The van der Waals surface area contributed by atoms with Crippen LogP contribution in [0.2, 0.25) is 15.1 Å². The molecule has 0 radical (unpaired) electrons. The highest BCUT2D eigenvalue weighted by molar-refractivity contribution is 7.92. The van der Waals surface area contributed by atoms with Gasteiger partial charge in [0, 0.05) is 23.1 Å². The molecule has 1 unspecified atom stereocenters. The molecule has 2 amide bonds. The highest BCUT2D eigenvalue weighted by Gasteiger charge is 2.36. The van der Waals surface area contributed by atoms with Gasteiger partial charge < -0.3 is 10.2 Å². The molecule has 1 N–H and O–H groups in total. The summed E-state index contributed by atoms with van der Waals surface area (Å²) in [6, 6.07) is 6.04. The number of nitrogens with one attached hydrogen (secondary N) is 1. The first-order valence-electron chi connectivity index (χ1n) is 11.0. The van der Waals surface area contributed by atoms with Crippen molar-refractivity contribution in [2.45, 2.75) is 39.0 Å². The van der Waals surface area contributed by atoms with E-state index in [1.54, 1.807) is 19.9 Å². The standard InChI is InChI=1S/C23H25Cl3F3N3O4S/c1-4-20(22(34)30-5-2)31(12-14-6-7-15(24)10-19(14)26)21(33)13-32(37(3,35)36)16-8-9-18(25)17(11-16)23(27,28)29/h6-11,20H,4-5,12-13H2,1-3H3,(H,30,34). The lowest BCUT2D eigenvalue weighted by Crippen LogP contribution is -2.52. The Kier molecular flexibility index (Phi) is 10.5. The van der Waals surface area contributed by atoms with Crippen molar-refractivity contribution in [2.24, 2.45) is 0 Å². The van der Waals surface area contributed by atoms with Crippen LogP contribution in [0.25, 0.3) is 0 Å². The van der Waals surface area contributed by atoms with E-state index < -0.39 is 56.9 Å². The fourth-order valence-electron chi connectivity index (χ4n) is 3.54. The van der Waals surface area contributed by atoms with E-state index in [2.05, 4.69) is 5.32 Å². The van der Waals surface area contributed by atoms with Crippen LogP contribution in [-0.2, 0) is 32.3 Å². The number of carbonyl (C=O) groups excluding carboxylic acids is 2. The molecule has 0 aromatic heterocycles. The van der Waals surface area contributed by atoms with Crippen molar-refractivity contribution < 1.29 is 31.2 Å². The van der Waals surface area contributed by atoms with Crippen LogP contribution in [0.15, 0.2) is 36.4 Å². The van der Waals surface area contributed by atoms with E-state index in [4.69, 9.17) is 34.8 Å². The first-order valence-corrected chi connectivity index (χ1v) is 13.9. The van der Waals surface area contributed by atoms with Gasteiger partial charge in [0.1, 0.15) is 12.6 Å². The van der Waals surface area contributed by atoms with Gasteiger partial charge in [-0.3, -0.25) is 13.9 Å². The summed E-state index contributed by atoms with van der Waals surface area (Å²) in [6.07, 6.45) is -3.94. The summed E-state index contributed by atoms with van der Waals surface area (Å²) in [5.41, 5.74) is -1.24. The zero-order valence-corrected chi connectivity index (χ0v) is 23.2. The first-order chi connectivity index (χ1) is 17.1. The van der Waals surface area contributed by atoms with E-state index in [0.717, 1.165) is 23.3 Å². The van der Waals surface area contributed by atoms with E-state index >= 15 is 0 Å². The second-order valence-corrected chi connectivity index (χ2v) is 11.2. The predicted octanol–water partition coefficient (Wildman–Crippen LogP) is 5.38. The molecule has 0 spiro atoms. The number of carbonyl (C=O) groups is 2. The fourth-order valence-corrected chi connectivity index (χ4v) is 5.08. The Morgan fingerprint density at radius 1 is 1.03 bits per heavy atom. The van der Waals surface area contributed by atoms with Gasteiger partial charge in [0.25, 0.3) is 0 Å². The van der Waals surface area contributed by atoms with Crippen LogP contribution < -0.4 is 9.62 Å². The maximum atomic E-state index is 13.5. The number of likely N-dealkylation sites (N-methyl/N-ethyl adjacent to an activating group) is 1. The molecule has 37 heavy (non-hydrogen) atoms. The van der Waals surface area contributed by atoms with Gasteiger partial charge in [-0.25, -0.2) is 8.42 Å². The zero-order valence-electron chi connectivity index (χ0n) is 20.1. The minimum atomic E-state index is -4.86. The second kappa shape index (κ2) is 12.6. The van der Waals surface area contributed by atoms with Crippen molar-refractivity contribution in [1.29, 1.82) is 0 Å². The van der Waals surface area contributed by atoms with Crippen molar-refractivity contribution >= 4 is 62.3 Å². The Morgan fingerprint density at radius 3 is 2.19 bits per heavy atom. The lowest BCUT2D eigenvalue weighted by Gasteiger charge is -2.33. The molecule has 0 aliphatic carbocycles. The number of sulfonamides is 1. The molecule has 7 nitrogen and oxygen atoms in total. The van der Waals surface area contributed by atoms with Crippen molar-refractivity contribution in [1.82, 2.24) is 10.2 Å². The number of alkyl halides is 3. The van der Waals surface area contributed by atoms with Gasteiger partial charge in [-0.2, -0.15) is 13.2 Å². The van der Waals surface area contributed by atoms with Gasteiger partial charge in [0.05, 0.1) is 22.5 Å². The first kappa shape index (κ1) is 31.0. The summed E-state index contributed by atoms with van der Waals surface area (Å²) in [4.78, 5) is 27.4. The summed E-state index contributed by atoms with van der Waals surface area (Å²) in [5, 5.41) is 2.55. The van der Waals surface area contributed by atoms with Crippen molar-refractivity contribution in [3.05, 3.63) is 62.6 Å². The number of nitrogens with zero attached hydrogens (tertiary/aromatic N) is 2. The third-order valence-electron chi connectivity index (χ3n) is 5.32. The van der Waals surface area contributed by atoms with Gasteiger partial charge in [-0.1, -0.05) is 47.8 Å². The molecular formula is C23H25Cl3F3N3O4S. The number of hydrogen-bond acceptors (Lipinski definition) is 4. The van der Waals surface area contributed by atoms with Crippen LogP contribution in [0.1, 0.15) is 31.4 Å². The normalized spacial score (nSPS) is 12.7. The summed E-state index contributed by atoms with van der Waals surface area (Å²) < 4.78 is 65.9. The van der Waals surface area contributed by atoms with Crippen molar-refractivity contribution in [3.8, 4) is 0 Å². The molecule has 1 atom stereocenters. The van der Waals surface area contributed by atoms with Crippen molar-refractivity contribution in [3.63, 3.8) is 0 Å². The van der Waals surface area contributed by atoms with Gasteiger partial charge >= 0.3 is 6.18 Å². The minimum Gasteiger partial charge on any atom is -0.355 e. The number of hydrogen-bond donors (Lipinski definition) is 1. The Bertz CT molecular complexity index is 1260. The highest BCUT2D eigenvalue weighted by Crippen LogP contribution is 2.37. The molecule has 2 aromatic rings. The Morgan fingerprint density at radius 2 is 1.68 bits per heavy atom. The molecular weight excluding hydrogens is 578 g/mol. The molecule has 0 fully saturated rings. The number of anilines is 1. The maximum Gasteiger partial charge on any atom is 0.417 e. The van der Waals surface area contributed by atoms with Crippen LogP contribution in [-0.4, -0.2) is 50.5 Å². The van der Waals surface area contributed by atoms with Crippen LogP contribution in [0.3, 0.4) is 0 Å². The monoisotopic (exact) mass is 601 g/mol. The summed E-state index contributed by atoms with van der Waals surface area (Å²) in [7, 11) is -4.24. The molecule has 0 bridgehead atoms. The lowest BCUT2D eigenvalue weighted by molar-refractivity contribution is -0.140. The van der Waals surface area contributed by atoms with E-state index in [1.165, 1.54) is 12.1 Å². The predicted molar refractivity (Wildman–Crippen MR) is 138 cm³/mol. The molecule has 0 saturated carbocycles. The Balaban J connectivity index is 2.55. The lowest BCUT2D eigenvalue weighted by atomic mass is 10.1. The average Bonchev–Trinajstić information content (AvgIpc) is 2.77. The van der Waals surface area contributed by atoms with Gasteiger partial charge in [-0.05, 0) is 49.2 Å².